The molecule has 0 bridgehead atoms. The lowest BCUT2D eigenvalue weighted by Crippen LogP contribution is -2.50. The summed E-state index contributed by atoms with van der Waals surface area (Å²) in [6.45, 7) is 3.76. The zero-order valence-electron chi connectivity index (χ0n) is 12.4. The maximum absolute atomic E-state index is 12.4. The molecular formula is C13H21N3O3S2. The molecule has 0 radical (unpaired) electrons. The lowest BCUT2D eigenvalue weighted by atomic mass is 9.95. The molecule has 21 heavy (non-hydrogen) atoms. The Morgan fingerprint density at radius 2 is 2.19 bits per heavy atom. The third kappa shape index (κ3) is 3.45. The van der Waals surface area contributed by atoms with Gasteiger partial charge in [-0.15, -0.1) is 11.3 Å². The lowest BCUT2D eigenvalue weighted by Gasteiger charge is -2.30. The molecule has 2 rings (SSSR count). The van der Waals surface area contributed by atoms with Gasteiger partial charge in [-0.1, -0.05) is 6.92 Å². The zero-order chi connectivity index (χ0) is 15.6. The fraction of sp³-hybridized carbons (Fsp3) is 0.615. The van der Waals surface area contributed by atoms with E-state index in [0.717, 1.165) is 28.6 Å². The minimum atomic E-state index is -3.60. The standard InChI is InChI=1S/C13H21N3O3S2/c1-9-4-6-14-8-10(9)15-13(17)12-11(5-7-20-12)21(18,19)16(2)3/h5,7,9-10,14H,4,6,8H2,1-3H3,(H,15,17). The molecule has 2 heterocycles. The summed E-state index contributed by atoms with van der Waals surface area (Å²) in [5.74, 6) is 0.0649. The molecular weight excluding hydrogens is 310 g/mol. The van der Waals surface area contributed by atoms with Crippen LogP contribution in [0.25, 0.3) is 0 Å². The smallest absolute Gasteiger partial charge is 0.263 e. The summed E-state index contributed by atoms with van der Waals surface area (Å²) in [5.41, 5.74) is 0. The van der Waals surface area contributed by atoms with Crippen molar-refractivity contribution in [2.45, 2.75) is 24.3 Å². The maximum atomic E-state index is 12.4. The van der Waals surface area contributed by atoms with E-state index in [-0.39, 0.29) is 21.7 Å². The number of piperidine rings is 1. The van der Waals surface area contributed by atoms with Gasteiger partial charge < -0.3 is 10.6 Å². The molecule has 0 aromatic carbocycles. The minimum Gasteiger partial charge on any atom is -0.347 e. The Morgan fingerprint density at radius 3 is 2.81 bits per heavy atom. The van der Waals surface area contributed by atoms with E-state index in [1.807, 2.05) is 0 Å². The molecule has 0 saturated carbocycles. The van der Waals surface area contributed by atoms with E-state index in [9.17, 15) is 13.2 Å². The predicted molar refractivity (Wildman–Crippen MR) is 83.1 cm³/mol. The van der Waals surface area contributed by atoms with Crippen LogP contribution in [0.15, 0.2) is 16.3 Å². The summed E-state index contributed by atoms with van der Waals surface area (Å²) < 4.78 is 25.6. The third-order valence-electron chi connectivity index (χ3n) is 3.74. The number of rotatable bonds is 4. The van der Waals surface area contributed by atoms with Crippen molar-refractivity contribution >= 4 is 27.3 Å². The van der Waals surface area contributed by atoms with Crippen molar-refractivity contribution in [3.8, 4) is 0 Å². The van der Waals surface area contributed by atoms with Gasteiger partial charge in [0, 0.05) is 26.7 Å². The molecule has 0 aliphatic carbocycles. The number of nitrogens with zero attached hydrogens (tertiary/aromatic N) is 1. The van der Waals surface area contributed by atoms with Gasteiger partial charge in [-0.05, 0) is 30.3 Å². The number of hydrogen-bond donors (Lipinski definition) is 2. The topological polar surface area (TPSA) is 78.5 Å². The Balaban J connectivity index is 2.19. The van der Waals surface area contributed by atoms with Crippen molar-refractivity contribution < 1.29 is 13.2 Å². The molecule has 1 aliphatic rings. The van der Waals surface area contributed by atoms with Gasteiger partial charge >= 0.3 is 0 Å². The van der Waals surface area contributed by atoms with E-state index in [1.54, 1.807) is 5.38 Å². The van der Waals surface area contributed by atoms with Gasteiger partial charge in [0.1, 0.15) is 9.77 Å². The third-order valence-corrected chi connectivity index (χ3v) is 6.64. The van der Waals surface area contributed by atoms with Crippen LogP contribution in [-0.4, -0.2) is 51.9 Å². The second kappa shape index (κ2) is 6.43. The number of carbonyl (C=O) groups excluding carboxylic acids is 1. The molecule has 2 N–H and O–H groups in total. The van der Waals surface area contributed by atoms with Crippen LogP contribution in [-0.2, 0) is 10.0 Å². The van der Waals surface area contributed by atoms with Crippen LogP contribution >= 0.6 is 11.3 Å². The van der Waals surface area contributed by atoms with E-state index in [4.69, 9.17) is 0 Å². The Labute approximate surface area is 129 Å². The van der Waals surface area contributed by atoms with Crippen molar-refractivity contribution in [2.24, 2.45) is 5.92 Å². The van der Waals surface area contributed by atoms with Crippen LogP contribution in [0.2, 0.25) is 0 Å². The highest BCUT2D eigenvalue weighted by Gasteiger charge is 2.29. The van der Waals surface area contributed by atoms with Crippen LogP contribution < -0.4 is 10.6 Å². The van der Waals surface area contributed by atoms with Gasteiger partial charge in [-0.25, -0.2) is 12.7 Å². The van der Waals surface area contributed by atoms with E-state index >= 15 is 0 Å². The van der Waals surface area contributed by atoms with E-state index in [0.29, 0.717) is 12.5 Å². The Kier molecular flexibility index (Phi) is 5.03. The van der Waals surface area contributed by atoms with Crippen LogP contribution in [0.3, 0.4) is 0 Å². The van der Waals surface area contributed by atoms with E-state index < -0.39 is 10.0 Å². The summed E-state index contributed by atoms with van der Waals surface area (Å²) in [6.07, 6.45) is 0.998. The summed E-state index contributed by atoms with van der Waals surface area (Å²) in [5, 5.41) is 7.82. The normalized spacial score (nSPS) is 23.2. The molecule has 1 amide bonds. The zero-order valence-corrected chi connectivity index (χ0v) is 14.1. The molecule has 118 valence electrons. The first-order valence-corrected chi connectivity index (χ1v) is 9.17. The Morgan fingerprint density at radius 1 is 1.48 bits per heavy atom. The molecule has 2 atom stereocenters. The molecule has 2 unspecified atom stereocenters. The quantitative estimate of drug-likeness (QED) is 0.852. The average Bonchev–Trinajstić information content (AvgIpc) is 2.91. The fourth-order valence-electron chi connectivity index (χ4n) is 2.28. The number of carbonyl (C=O) groups is 1. The minimum absolute atomic E-state index is 0.0308. The van der Waals surface area contributed by atoms with Crippen molar-refractivity contribution in [3.05, 3.63) is 16.3 Å². The Hall–Kier alpha value is -0.960. The van der Waals surface area contributed by atoms with Gasteiger partial charge in [0.15, 0.2) is 0 Å². The first kappa shape index (κ1) is 16.4. The highest BCUT2D eigenvalue weighted by Crippen LogP contribution is 2.24. The maximum Gasteiger partial charge on any atom is 0.263 e. The van der Waals surface area contributed by atoms with Gasteiger partial charge in [-0.2, -0.15) is 0 Å². The van der Waals surface area contributed by atoms with Crippen LogP contribution in [0.1, 0.15) is 23.0 Å². The summed E-state index contributed by atoms with van der Waals surface area (Å²) in [4.78, 5) is 12.7. The van der Waals surface area contributed by atoms with Crippen molar-refractivity contribution in [2.75, 3.05) is 27.2 Å². The lowest BCUT2D eigenvalue weighted by molar-refractivity contribution is 0.0916. The van der Waals surface area contributed by atoms with Crippen LogP contribution in [0.4, 0.5) is 0 Å². The summed E-state index contributed by atoms with van der Waals surface area (Å²) in [6, 6.07) is 1.51. The van der Waals surface area contributed by atoms with Gasteiger partial charge in [0.05, 0.1) is 0 Å². The Bertz CT molecular complexity index is 610. The SMILES string of the molecule is CC1CCNCC1NC(=O)c1sccc1S(=O)(=O)N(C)C. The molecule has 8 heteroatoms. The molecule has 1 fully saturated rings. The van der Waals surface area contributed by atoms with Gasteiger partial charge in [0.2, 0.25) is 10.0 Å². The summed E-state index contributed by atoms with van der Waals surface area (Å²) >= 11 is 1.15. The number of amides is 1. The highest BCUT2D eigenvalue weighted by atomic mass is 32.2. The van der Waals surface area contributed by atoms with Crippen LogP contribution in [0.5, 0.6) is 0 Å². The van der Waals surface area contributed by atoms with Crippen molar-refractivity contribution in [3.63, 3.8) is 0 Å². The largest absolute Gasteiger partial charge is 0.347 e. The first-order chi connectivity index (χ1) is 9.84. The van der Waals surface area contributed by atoms with E-state index in [2.05, 4.69) is 17.6 Å². The second-order valence-electron chi connectivity index (χ2n) is 5.45. The average molecular weight is 331 g/mol. The fourth-order valence-corrected chi connectivity index (χ4v) is 4.48. The molecule has 1 aromatic heterocycles. The van der Waals surface area contributed by atoms with Crippen LogP contribution in [0, 0.1) is 5.92 Å². The molecule has 1 aromatic rings. The number of hydrogen-bond acceptors (Lipinski definition) is 5. The highest BCUT2D eigenvalue weighted by molar-refractivity contribution is 7.89. The van der Waals surface area contributed by atoms with E-state index in [1.165, 1.54) is 20.2 Å². The molecule has 1 aliphatic heterocycles. The molecule has 6 nitrogen and oxygen atoms in total. The summed E-state index contributed by atoms with van der Waals surface area (Å²) in [7, 11) is -0.676. The van der Waals surface area contributed by atoms with Crippen molar-refractivity contribution in [1.29, 1.82) is 0 Å². The molecule has 1 saturated heterocycles. The number of nitrogens with one attached hydrogen (secondary N) is 2. The number of sulfonamides is 1. The first-order valence-electron chi connectivity index (χ1n) is 6.85. The van der Waals surface area contributed by atoms with Crippen molar-refractivity contribution in [1.82, 2.24) is 14.9 Å². The predicted octanol–water partition coefficient (Wildman–Crippen LogP) is 0.726. The number of thiophene rings is 1. The molecule has 0 spiro atoms. The van der Waals surface area contributed by atoms with Gasteiger partial charge in [0.25, 0.3) is 5.91 Å². The monoisotopic (exact) mass is 331 g/mol. The second-order valence-corrected chi connectivity index (χ2v) is 8.49. The van der Waals surface area contributed by atoms with Gasteiger partial charge in [-0.3, -0.25) is 4.79 Å².